The third kappa shape index (κ3) is 2.17. The van der Waals surface area contributed by atoms with Gasteiger partial charge in [0.25, 0.3) is 6.43 Å². The van der Waals surface area contributed by atoms with Crippen LogP contribution in [0.15, 0.2) is 12.4 Å². The lowest BCUT2D eigenvalue weighted by molar-refractivity contribution is 0.0587. The van der Waals surface area contributed by atoms with Crippen LogP contribution < -0.4 is 0 Å². The summed E-state index contributed by atoms with van der Waals surface area (Å²) in [5, 5.41) is 0. The topological polar surface area (TPSA) is 39.2 Å². The molecule has 0 amide bonds. The van der Waals surface area contributed by atoms with E-state index in [1.807, 2.05) is 0 Å². The summed E-state index contributed by atoms with van der Waals surface area (Å²) in [4.78, 5) is 14.8. The van der Waals surface area contributed by atoms with Gasteiger partial charge in [0.1, 0.15) is 0 Å². The van der Waals surface area contributed by atoms with Gasteiger partial charge < -0.3 is 4.74 Å². The van der Waals surface area contributed by atoms with Crippen LogP contribution in [0.3, 0.4) is 0 Å². The number of halogens is 3. The number of aromatic nitrogens is 1. The molecule has 0 unspecified atom stereocenters. The zero-order valence-corrected chi connectivity index (χ0v) is 9.29. The van der Waals surface area contributed by atoms with Crippen molar-refractivity contribution in [2.45, 2.75) is 6.43 Å². The molecule has 1 heterocycles. The van der Waals surface area contributed by atoms with Crippen molar-refractivity contribution in [3.8, 4) is 0 Å². The first kappa shape index (κ1) is 11.3. The monoisotopic (exact) mass is 313 g/mol. The number of carbonyl (C=O) groups excluding carboxylic acids is 1. The van der Waals surface area contributed by atoms with Crippen LogP contribution in [0.4, 0.5) is 8.78 Å². The largest absolute Gasteiger partial charge is 0.465 e. The predicted molar refractivity (Wildman–Crippen MR) is 53.3 cm³/mol. The minimum absolute atomic E-state index is 0.113. The van der Waals surface area contributed by atoms with Gasteiger partial charge >= 0.3 is 5.97 Å². The summed E-state index contributed by atoms with van der Waals surface area (Å²) in [6.07, 6.45) is -0.427. The molecule has 0 fully saturated rings. The maximum Gasteiger partial charge on any atom is 0.339 e. The van der Waals surface area contributed by atoms with Crippen molar-refractivity contribution in [2.75, 3.05) is 7.11 Å². The first-order valence-corrected chi connectivity index (χ1v) is 4.65. The lowest BCUT2D eigenvalue weighted by Gasteiger charge is -2.07. The van der Waals surface area contributed by atoms with Gasteiger partial charge in [-0.15, -0.1) is 0 Å². The molecule has 3 nitrogen and oxygen atoms in total. The van der Waals surface area contributed by atoms with Crippen LogP contribution in [-0.2, 0) is 4.74 Å². The number of hydrogen-bond acceptors (Lipinski definition) is 3. The summed E-state index contributed by atoms with van der Waals surface area (Å²) in [5.41, 5.74) is -0.512. The molecule has 0 saturated heterocycles. The Hall–Kier alpha value is -0.790. The van der Waals surface area contributed by atoms with Crippen molar-refractivity contribution in [3.63, 3.8) is 0 Å². The third-order valence-corrected chi connectivity index (χ3v) is 2.37. The third-order valence-electron chi connectivity index (χ3n) is 1.55. The second-order valence-electron chi connectivity index (χ2n) is 2.38. The molecule has 0 bridgehead atoms. The zero-order valence-electron chi connectivity index (χ0n) is 7.13. The highest BCUT2D eigenvalue weighted by Crippen LogP contribution is 2.25. The summed E-state index contributed by atoms with van der Waals surface area (Å²) in [7, 11) is 1.15. The van der Waals surface area contributed by atoms with Crippen molar-refractivity contribution in [2.24, 2.45) is 0 Å². The molecule has 0 N–H and O–H groups in total. The van der Waals surface area contributed by atoms with Gasteiger partial charge in [-0.2, -0.15) is 0 Å². The van der Waals surface area contributed by atoms with Crippen LogP contribution in [-0.4, -0.2) is 18.1 Å². The molecule has 14 heavy (non-hydrogen) atoms. The van der Waals surface area contributed by atoms with E-state index in [9.17, 15) is 13.6 Å². The Labute approximate surface area is 92.6 Å². The van der Waals surface area contributed by atoms with Gasteiger partial charge in [0, 0.05) is 16.0 Å². The van der Waals surface area contributed by atoms with Gasteiger partial charge in [-0.05, 0) is 22.6 Å². The molecular weight excluding hydrogens is 307 g/mol. The predicted octanol–water partition coefficient (Wildman–Crippen LogP) is 2.41. The Morgan fingerprint density at radius 2 is 2.21 bits per heavy atom. The number of rotatable bonds is 2. The number of carbonyl (C=O) groups is 1. The molecule has 0 radical (unpaired) electrons. The summed E-state index contributed by atoms with van der Waals surface area (Å²) >= 11 is 1.76. The molecule has 1 aromatic heterocycles. The Bertz CT molecular complexity index is 357. The normalized spacial score (nSPS) is 10.4. The van der Waals surface area contributed by atoms with Gasteiger partial charge in [-0.25, -0.2) is 13.6 Å². The number of ether oxygens (including phenoxy) is 1. The van der Waals surface area contributed by atoms with Crippen LogP contribution in [0.5, 0.6) is 0 Å². The fourth-order valence-electron chi connectivity index (χ4n) is 0.933. The molecule has 0 aliphatic carbocycles. The van der Waals surface area contributed by atoms with E-state index in [1.165, 1.54) is 6.20 Å². The molecule has 0 aliphatic rings. The highest BCUT2D eigenvalue weighted by molar-refractivity contribution is 14.1. The van der Waals surface area contributed by atoms with Crippen molar-refractivity contribution >= 4 is 28.6 Å². The molecule has 0 spiro atoms. The smallest absolute Gasteiger partial charge is 0.339 e. The highest BCUT2D eigenvalue weighted by Gasteiger charge is 2.21. The van der Waals surface area contributed by atoms with Crippen LogP contribution in [0.25, 0.3) is 0 Å². The molecular formula is C8H6F2INO2. The van der Waals surface area contributed by atoms with E-state index in [0.29, 0.717) is 3.57 Å². The summed E-state index contributed by atoms with van der Waals surface area (Å²) in [6.45, 7) is 0. The van der Waals surface area contributed by atoms with E-state index in [2.05, 4.69) is 9.72 Å². The summed E-state index contributed by atoms with van der Waals surface area (Å²) < 4.78 is 29.7. The molecule has 0 aromatic carbocycles. The molecule has 0 aliphatic heterocycles. The van der Waals surface area contributed by atoms with Crippen LogP contribution in [0.1, 0.15) is 22.3 Å². The van der Waals surface area contributed by atoms with E-state index in [4.69, 9.17) is 0 Å². The number of esters is 1. The minimum atomic E-state index is -2.73. The number of nitrogens with zero attached hydrogens (tertiary/aromatic N) is 1. The van der Waals surface area contributed by atoms with Gasteiger partial charge in [0.05, 0.1) is 18.2 Å². The van der Waals surface area contributed by atoms with E-state index in [-0.39, 0.29) is 5.56 Å². The fraction of sp³-hybridized carbons (Fsp3) is 0.250. The molecule has 1 aromatic rings. The molecule has 0 atom stereocenters. The Morgan fingerprint density at radius 1 is 1.57 bits per heavy atom. The average molecular weight is 313 g/mol. The van der Waals surface area contributed by atoms with Crippen molar-refractivity contribution in [1.29, 1.82) is 0 Å². The maximum atomic E-state index is 12.5. The lowest BCUT2D eigenvalue weighted by Crippen LogP contribution is -2.09. The lowest BCUT2D eigenvalue weighted by atomic mass is 10.1. The van der Waals surface area contributed by atoms with Gasteiger partial charge in [-0.3, -0.25) is 4.98 Å². The van der Waals surface area contributed by atoms with Gasteiger partial charge in [0.2, 0.25) is 0 Å². The van der Waals surface area contributed by atoms with E-state index in [1.54, 1.807) is 22.6 Å². The number of methoxy groups -OCH3 is 1. The van der Waals surface area contributed by atoms with Crippen molar-refractivity contribution in [1.82, 2.24) is 4.98 Å². The quantitative estimate of drug-likeness (QED) is 0.622. The standard InChI is InChI=1S/C8H6F2INO2/c1-14-8(13)6-4(7(9)10)2-12-3-5(6)11/h2-3,7H,1H3. The molecule has 1 rings (SSSR count). The molecule has 6 heteroatoms. The Morgan fingerprint density at radius 3 is 2.71 bits per heavy atom. The number of alkyl halides is 2. The first-order chi connectivity index (χ1) is 6.57. The first-order valence-electron chi connectivity index (χ1n) is 3.57. The summed E-state index contributed by atoms with van der Waals surface area (Å²) in [5.74, 6) is -0.771. The second kappa shape index (κ2) is 4.63. The summed E-state index contributed by atoms with van der Waals surface area (Å²) in [6, 6.07) is 0. The zero-order chi connectivity index (χ0) is 10.7. The minimum Gasteiger partial charge on any atom is -0.465 e. The molecule has 0 saturated carbocycles. The van der Waals surface area contributed by atoms with Gasteiger partial charge in [-0.1, -0.05) is 0 Å². The van der Waals surface area contributed by atoms with Crippen LogP contribution in [0, 0.1) is 3.57 Å². The Kier molecular flexibility index (Phi) is 3.73. The van der Waals surface area contributed by atoms with Gasteiger partial charge in [0.15, 0.2) is 0 Å². The second-order valence-corrected chi connectivity index (χ2v) is 3.54. The SMILES string of the molecule is COC(=O)c1c(I)cncc1C(F)F. The number of pyridine rings is 1. The fourth-order valence-corrected chi connectivity index (χ4v) is 1.63. The van der Waals surface area contributed by atoms with E-state index < -0.39 is 18.0 Å². The van der Waals surface area contributed by atoms with E-state index in [0.717, 1.165) is 13.3 Å². The van der Waals surface area contributed by atoms with Crippen molar-refractivity contribution in [3.05, 3.63) is 27.1 Å². The Balaban J connectivity index is 3.29. The highest BCUT2D eigenvalue weighted by atomic mass is 127. The van der Waals surface area contributed by atoms with Crippen LogP contribution >= 0.6 is 22.6 Å². The van der Waals surface area contributed by atoms with E-state index >= 15 is 0 Å². The maximum absolute atomic E-state index is 12.5. The number of hydrogen-bond donors (Lipinski definition) is 0. The molecule has 76 valence electrons. The van der Waals surface area contributed by atoms with Crippen molar-refractivity contribution < 1.29 is 18.3 Å². The van der Waals surface area contributed by atoms with Crippen LogP contribution in [0.2, 0.25) is 0 Å². The average Bonchev–Trinajstić information content (AvgIpc) is 2.16.